The van der Waals surface area contributed by atoms with Crippen molar-refractivity contribution in [2.24, 2.45) is 0 Å². The fourth-order valence-corrected chi connectivity index (χ4v) is 4.89. The second kappa shape index (κ2) is 13.4. The summed E-state index contributed by atoms with van der Waals surface area (Å²) in [5.74, 6) is 0. The smallest absolute Gasteiger partial charge is 0.0620 e. The predicted octanol–water partition coefficient (Wildman–Crippen LogP) is 4.52. The molecule has 0 bridgehead atoms. The fraction of sp³-hybridized carbons (Fsp3) is 0. The van der Waals surface area contributed by atoms with Crippen molar-refractivity contribution in [1.29, 1.82) is 0 Å². The molecule has 0 aromatic heterocycles. The van der Waals surface area contributed by atoms with Crippen molar-refractivity contribution in [3.8, 4) is 0 Å². The zero-order valence-corrected chi connectivity index (χ0v) is 17.4. The maximum Gasteiger partial charge on any atom is 0.102 e. The van der Waals surface area contributed by atoms with Gasteiger partial charge in [-0.1, -0.05) is 54.6 Å². The standard InChI is InChI=1S/C18H15P.CO.2ClH.Pt/c1-4-10-16(11-5-1)19(17-12-6-2-7-13-17)18-14-8-3-9-15-18;1-2;;;/h1-15H;;2*1H;/q;;;;+2/p-1. The van der Waals surface area contributed by atoms with E-state index in [-0.39, 0.29) is 0 Å². The number of benzene rings is 3. The summed E-state index contributed by atoms with van der Waals surface area (Å²) in [6.45, 7) is 4.50. The minimum atomic E-state index is -0.877. The van der Waals surface area contributed by atoms with E-state index in [4.69, 9.17) is 23.5 Å². The van der Waals surface area contributed by atoms with Gasteiger partial charge in [0, 0.05) is 0 Å². The third-order valence-electron chi connectivity index (χ3n) is 3.19. The molecule has 0 fully saturated rings. The molecular weight excluding hydrogens is 541 g/mol. The van der Waals surface area contributed by atoms with Crippen molar-refractivity contribution >= 4 is 42.7 Å². The molecule has 0 spiro atoms. The number of hydrogen-bond acceptors (Lipinski definition) is 0. The topological polar surface area (TPSA) is 19.9 Å². The van der Waals surface area contributed by atoms with Gasteiger partial charge in [0.15, 0.2) is 0 Å². The van der Waals surface area contributed by atoms with Crippen molar-refractivity contribution < 1.29 is 21.1 Å². The molecular formula is C19H16Cl2OPPt+. The SMILES string of the molecule is [C-]#[O+].[Cl][Pt][Cl].c1ccc([PH+](c2ccccc2)c2ccccc2)cc1. The van der Waals surface area contributed by atoms with Crippen molar-refractivity contribution in [1.82, 2.24) is 0 Å². The van der Waals surface area contributed by atoms with Gasteiger partial charge in [-0.05, 0) is 36.4 Å². The van der Waals surface area contributed by atoms with Gasteiger partial charge < -0.3 is 0 Å². The van der Waals surface area contributed by atoms with Crippen LogP contribution in [0.15, 0.2) is 91.0 Å². The molecule has 0 N–H and O–H groups in total. The zero-order chi connectivity index (χ0) is 17.6. The summed E-state index contributed by atoms with van der Waals surface area (Å²) in [7, 11) is 8.87. The quantitative estimate of drug-likeness (QED) is 0.257. The molecule has 0 saturated heterocycles. The van der Waals surface area contributed by atoms with E-state index < -0.39 is 24.4 Å². The maximum absolute atomic E-state index is 7.50. The Morgan fingerprint density at radius 1 is 0.583 bits per heavy atom. The van der Waals surface area contributed by atoms with Crippen LogP contribution in [0.4, 0.5) is 0 Å². The Balaban J connectivity index is 0.000000521. The zero-order valence-electron chi connectivity index (χ0n) is 12.6. The normalized spacial score (nSPS) is 9.38. The molecule has 0 radical (unpaired) electrons. The second-order valence-electron chi connectivity index (χ2n) is 4.52. The Kier molecular flexibility index (Phi) is 11.8. The van der Waals surface area contributed by atoms with Crippen molar-refractivity contribution in [3.63, 3.8) is 0 Å². The number of halogens is 2. The number of hydrogen-bond donors (Lipinski definition) is 0. The van der Waals surface area contributed by atoms with Crippen molar-refractivity contribution in [3.05, 3.63) is 97.6 Å². The average Bonchev–Trinajstić information content (AvgIpc) is 2.67. The van der Waals surface area contributed by atoms with Gasteiger partial charge in [-0.2, -0.15) is 0 Å². The molecule has 3 rings (SSSR count). The first-order valence-electron chi connectivity index (χ1n) is 6.93. The second-order valence-corrected chi connectivity index (χ2v) is 10.3. The van der Waals surface area contributed by atoms with Gasteiger partial charge in [-0.15, -0.1) is 0 Å². The molecule has 0 aliphatic rings. The minimum absolute atomic E-state index is 0.472. The van der Waals surface area contributed by atoms with Crippen LogP contribution >= 0.6 is 26.8 Å². The molecule has 0 amide bonds. The Bertz CT molecular complexity index is 600. The molecule has 0 unspecified atom stereocenters. The number of rotatable bonds is 3. The first-order valence-corrected chi connectivity index (χ1v) is 14.1. The Hall–Kier alpha value is -0.902. The van der Waals surface area contributed by atoms with E-state index >= 15 is 0 Å². The molecule has 0 atom stereocenters. The van der Waals surface area contributed by atoms with Crippen LogP contribution in [0.1, 0.15) is 0 Å². The van der Waals surface area contributed by atoms with Crippen LogP contribution in [0, 0.1) is 6.65 Å². The monoisotopic (exact) mass is 556 g/mol. The summed E-state index contributed by atoms with van der Waals surface area (Å²) in [6, 6.07) is 32.5. The Morgan fingerprint density at radius 2 is 0.792 bits per heavy atom. The molecule has 0 heterocycles. The minimum Gasteiger partial charge on any atom is -0.0620 e. The van der Waals surface area contributed by atoms with E-state index in [1.165, 1.54) is 15.9 Å². The molecule has 3 aromatic carbocycles. The van der Waals surface area contributed by atoms with Crippen molar-refractivity contribution in [2.45, 2.75) is 0 Å². The van der Waals surface area contributed by atoms with Crippen LogP contribution < -0.4 is 15.9 Å². The van der Waals surface area contributed by atoms with Gasteiger partial charge >= 0.3 is 46.6 Å². The maximum atomic E-state index is 7.50. The predicted molar refractivity (Wildman–Crippen MR) is 102 cm³/mol. The fourth-order valence-electron chi connectivity index (χ4n) is 2.31. The third-order valence-corrected chi connectivity index (χ3v) is 5.92. The van der Waals surface area contributed by atoms with Gasteiger partial charge in [-0.25, -0.2) is 0 Å². The van der Waals surface area contributed by atoms with E-state index in [0.717, 1.165) is 0 Å². The van der Waals surface area contributed by atoms with E-state index in [1.807, 2.05) is 0 Å². The summed E-state index contributed by atoms with van der Waals surface area (Å²) in [6.07, 6.45) is 0. The Labute approximate surface area is 160 Å². The van der Waals surface area contributed by atoms with Gasteiger partial charge in [0.25, 0.3) is 0 Å². The van der Waals surface area contributed by atoms with Crippen molar-refractivity contribution in [2.75, 3.05) is 0 Å². The van der Waals surface area contributed by atoms with Crippen LogP contribution in [0.2, 0.25) is 0 Å². The molecule has 24 heavy (non-hydrogen) atoms. The van der Waals surface area contributed by atoms with E-state index in [0.29, 0.717) is 0 Å². The van der Waals surface area contributed by atoms with Gasteiger partial charge in [0.2, 0.25) is 0 Å². The largest absolute Gasteiger partial charge is 0.102 e. The summed E-state index contributed by atoms with van der Waals surface area (Å²) in [5.41, 5.74) is 0. The van der Waals surface area contributed by atoms with E-state index in [9.17, 15) is 0 Å². The third kappa shape index (κ3) is 6.92. The van der Waals surface area contributed by atoms with Crippen LogP contribution in [-0.2, 0) is 21.1 Å². The molecule has 0 saturated carbocycles. The molecule has 126 valence electrons. The van der Waals surface area contributed by atoms with Gasteiger partial charge in [0.1, 0.15) is 15.9 Å². The summed E-state index contributed by atoms with van der Waals surface area (Å²) < 4.78 is 7.50. The molecule has 0 aliphatic carbocycles. The Morgan fingerprint density at radius 3 is 1.00 bits per heavy atom. The van der Waals surface area contributed by atoms with E-state index in [2.05, 4.69) is 97.6 Å². The van der Waals surface area contributed by atoms with Crippen LogP contribution in [0.3, 0.4) is 0 Å². The first-order chi connectivity index (χ1) is 11.9. The summed E-state index contributed by atoms with van der Waals surface area (Å²) in [4.78, 5) is 0. The molecule has 1 nitrogen and oxygen atoms in total. The first kappa shape index (κ1) is 21.1. The molecule has 3 aromatic rings. The average molecular weight is 557 g/mol. The van der Waals surface area contributed by atoms with Gasteiger partial charge in [-0.3, -0.25) is 0 Å². The summed E-state index contributed by atoms with van der Waals surface area (Å²) in [5, 5.41) is 4.31. The molecule has 5 heteroatoms. The van der Waals surface area contributed by atoms with Crippen LogP contribution in [0.5, 0.6) is 0 Å². The van der Waals surface area contributed by atoms with Gasteiger partial charge in [0.05, 0.1) is 7.92 Å². The summed E-state index contributed by atoms with van der Waals surface area (Å²) >= 11 is -0.472. The van der Waals surface area contributed by atoms with Crippen LogP contribution in [-0.4, -0.2) is 0 Å². The molecule has 0 aliphatic heterocycles. The van der Waals surface area contributed by atoms with E-state index in [1.54, 1.807) is 0 Å². The van der Waals surface area contributed by atoms with Crippen LogP contribution in [0.25, 0.3) is 0 Å².